The number of carbonyl (C=O) groups is 1. The molecule has 2 rings (SSSR count). The van der Waals surface area contributed by atoms with Crippen LogP contribution in [0.2, 0.25) is 0 Å². The van der Waals surface area contributed by atoms with E-state index in [0.29, 0.717) is 12.8 Å². The van der Waals surface area contributed by atoms with E-state index in [2.05, 4.69) is 15.3 Å². The fraction of sp³-hybridized carbons (Fsp3) is 0.231. The molecule has 0 atom stereocenters. The Bertz CT molecular complexity index is 511. The molecule has 0 fully saturated rings. The Morgan fingerprint density at radius 3 is 2.89 bits per heavy atom. The van der Waals surface area contributed by atoms with E-state index in [1.54, 1.807) is 11.3 Å². The van der Waals surface area contributed by atoms with Gasteiger partial charge in [0, 0.05) is 17.4 Å². The van der Waals surface area contributed by atoms with Crippen LogP contribution >= 0.6 is 11.3 Å². The Labute approximate surface area is 110 Å². The number of nitrogens with one attached hydrogen (secondary N) is 1. The van der Waals surface area contributed by atoms with Gasteiger partial charge in [-0.3, -0.25) is 9.63 Å². The quantitative estimate of drug-likeness (QED) is 0.842. The highest BCUT2D eigenvalue weighted by Crippen LogP contribution is 2.23. The molecular formula is C13H14N2O2S. The van der Waals surface area contributed by atoms with Gasteiger partial charge in [0.25, 0.3) is 0 Å². The van der Waals surface area contributed by atoms with Crippen molar-refractivity contribution < 1.29 is 9.63 Å². The maximum atomic E-state index is 11.2. The van der Waals surface area contributed by atoms with Crippen LogP contribution in [0.25, 0.3) is 10.6 Å². The first-order chi connectivity index (χ1) is 8.79. The van der Waals surface area contributed by atoms with E-state index in [9.17, 15) is 4.79 Å². The van der Waals surface area contributed by atoms with Crippen molar-refractivity contribution in [1.82, 2.24) is 10.5 Å². The second-order valence-corrected chi connectivity index (χ2v) is 4.60. The fourth-order valence-corrected chi connectivity index (χ4v) is 2.40. The normalized spacial score (nSPS) is 10.3. The molecule has 0 aliphatic rings. The highest BCUT2D eigenvalue weighted by molar-refractivity contribution is 7.13. The van der Waals surface area contributed by atoms with E-state index in [-0.39, 0.29) is 5.91 Å². The predicted molar refractivity (Wildman–Crippen MR) is 71.0 cm³/mol. The van der Waals surface area contributed by atoms with Crippen LogP contribution in [-0.2, 0) is 16.1 Å². The lowest BCUT2D eigenvalue weighted by Gasteiger charge is -1.99. The van der Waals surface area contributed by atoms with Gasteiger partial charge in [0.15, 0.2) is 0 Å². The zero-order valence-electron chi connectivity index (χ0n) is 10.1. The molecule has 0 saturated carbocycles. The second kappa shape index (κ2) is 6.28. The van der Waals surface area contributed by atoms with Crippen LogP contribution in [0.3, 0.4) is 0 Å². The molecule has 0 aliphatic carbocycles. The topological polar surface area (TPSA) is 51.2 Å². The molecule has 5 heteroatoms. The first kappa shape index (κ1) is 12.7. The number of hydrogen-bond donors (Lipinski definition) is 1. The lowest BCUT2D eigenvalue weighted by Crippen LogP contribution is -2.21. The predicted octanol–water partition coefficient (Wildman–Crippen LogP) is 2.42. The summed E-state index contributed by atoms with van der Waals surface area (Å²) in [5.74, 6) is -0.133. The van der Waals surface area contributed by atoms with Crippen LogP contribution in [0.5, 0.6) is 0 Å². The third kappa shape index (κ3) is 3.38. The van der Waals surface area contributed by atoms with Crippen molar-refractivity contribution in [2.45, 2.75) is 12.8 Å². The molecule has 0 spiro atoms. The molecule has 0 unspecified atom stereocenters. The summed E-state index contributed by atoms with van der Waals surface area (Å²) in [7, 11) is 1.42. The third-order valence-electron chi connectivity index (χ3n) is 2.40. The zero-order valence-corrected chi connectivity index (χ0v) is 10.9. The van der Waals surface area contributed by atoms with E-state index in [0.717, 1.165) is 16.3 Å². The van der Waals surface area contributed by atoms with Gasteiger partial charge in [-0.05, 0) is 6.42 Å². The Hall–Kier alpha value is -1.72. The van der Waals surface area contributed by atoms with Gasteiger partial charge in [-0.1, -0.05) is 30.3 Å². The number of hydroxylamine groups is 1. The largest absolute Gasteiger partial charge is 0.277 e. The Morgan fingerprint density at radius 1 is 1.39 bits per heavy atom. The average molecular weight is 262 g/mol. The summed E-state index contributed by atoms with van der Waals surface area (Å²) in [6.07, 6.45) is 1.00. The lowest BCUT2D eigenvalue weighted by molar-refractivity contribution is -0.131. The van der Waals surface area contributed by atoms with E-state index < -0.39 is 0 Å². The van der Waals surface area contributed by atoms with Crippen molar-refractivity contribution in [1.29, 1.82) is 0 Å². The van der Waals surface area contributed by atoms with Crippen LogP contribution in [0.1, 0.15) is 12.1 Å². The van der Waals surface area contributed by atoms with Gasteiger partial charge >= 0.3 is 0 Å². The minimum atomic E-state index is -0.133. The molecule has 1 aromatic carbocycles. The highest BCUT2D eigenvalue weighted by atomic mass is 32.1. The summed E-state index contributed by atoms with van der Waals surface area (Å²) in [5, 5.41) is 2.97. The molecule has 94 valence electrons. The SMILES string of the molecule is CONC(=O)CCc1csc(-c2ccccc2)n1. The first-order valence-corrected chi connectivity index (χ1v) is 6.49. The fourth-order valence-electron chi connectivity index (χ4n) is 1.54. The van der Waals surface area contributed by atoms with E-state index in [1.807, 2.05) is 35.7 Å². The van der Waals surface area contributed by atoms with Crippen LogP contribution in [0, 0.1) is 0 Å². The van der Waals surface area contributed by atoms with Crippen LogP contribution in [0.4, 0.5) is 0 Å². The van der Waals surface area contributed by atoms with E-state index in [4.69, 9.17) is 0 Å². The number of hydrogen-bond acceptors (Lipinski definition) is 4. The van der Waals surface area contributed by atoms with Gasteiger partial charge in [0.05, 0.1) is 12.8 Å². The number of thiazole rings is 1. The zero-order chi connectivity index (χ0) is 12.8. The number of amides is 1. The van der Waals surface area contributed by atoms with Crippen molar-refractivity contribution in [2.75, 3.05) is 7.11 Å². The monoisotopic (exact) mass is 262 g/mol. The molecule has 18 heavy (non-hydrogen) atoms. The molecule has 2 aromatic rings. The summed E-state index contributed by atoms with van der Waals surface area (Å²) in [4.78, 5) is 20.3. The molecule has 1 aromatic heterocycles. The smallest absolute Gasteiger partial charge is 0.243 e. The molecule has 1 N–H and O–H groups in total. The standard InChI is InChI=1S/C13H14N2O2S/c1-17-15-12(16)8-7-11-9-18-13(14-11)10-5-3-2-4-6-10/h2-6,9H,7-8H2,1H3,(H,15,16). The summed E-state index contributed by atoms with van der Waals surface area (Å²) >= 11 is 1.59. The number of aryl methyl sites for hydroxylation is 1. The van der Waals surface area contributed by atoms with Gasteiger partial charge in [0.1, 0.15) is 5.01 Å². The van der Waals surface area contributed by atoms with Gasteiger partial charge in [-0.25, -0.2) is 10.5 Å². The lowest BCUT2D eigenvalue weighted by atomic mass is 10.2. The molecule has 0 aliphatic heterocycles. The summed E-state index contributed by atoms with van der Waals surface area (Å²) in [6.45, 7) is 0. The second-order valence-electron chi connectivity index (χ2n) is 3.74. The van der Waals surface area contributed by atoms with Crippen LogP contribution in [-0.4, -0.2) is 18.0 Å². The molecule has 0 radical (unpaired) electrons. The Morgan fingerprint density at radius 2 is 2.17 bits per heavy atom. The number of carbonyl (C=O) groups excluding carboxylic acids is 1. The highest BCUT2D eigenvalue weighted by Gasteiger charge is 2.06. The molecule has 0 bridgehead atoms. The third-order valence-corrected chi connectivity index (χ3v) is 3.34. The van der Waals surface area contributed by atoms with Gasteiger partial charge in [-0.15, -0.1) is 11.3 Å². The minimum absolute atomic E-state index is 0.133. The molecule has 4 nitrogen and oxygen atoms in total. The maximum Gasteiger partial charge on any atom is 0.243 e. The van der Waals surface area contributed by atoms with Gasteiger partial charge in [0.2, 0.25) is 5.91 Å². The van der Waals surface area contributed by atoms with Crippen molar-refractivity contribution in [3.8, 4) is 10.6 Å². The Kier molecular flexibility index (Phi) is 4.44. The molecule has 1 heterocycles. The van der Waals surface area contributed by atoms with Crippen molar-refractivity contribution >= 4 is 17.2 Å². The maximum absolute atomic E-state index is 11.2. The minimum Gasteiger partial charge on any atom is -0.277 e. The average Bonchev–Trinajstić information content (AvgIpc) is 2.87. The van der Waals surface area contributed by atoms with Crippen molar-refractivity contribution in [2.24, 2.45) is 0 Å². The first-order valence-electron chi connectivity index (χ1n) is 5.61. The van der Waals surface area contributed by atoms with Crippen LogP contribution in [0.15, 0.2) is 35.7 Å². The Balaban J connectivity index is 1.97. The molecule has 0 saturated heterocycles. The number of benzene rings is 1. The van der Waals surface area contributed by atoms with E-state index in [1.165, 1.54) is 7.11 Å². The van der Waals surface area contributed by atoms with Crippen molar-refractivity contribution in [3.63, 3.8) is 0 Å². The summed E-state index contributed by atoms with van der Waals surface area (Å²) in [5.41, 5.74) is 4.33. The van der Waals surface area contributed by atoms with Gasteiger partial charge in [-0.2, -0.15) is 0 Å². The number of rotatable bonds is 5. The van der Waals surface area contributed by atoms with Crippen molar-refractivity contribution in [3.05, 3.63) is 41.4 Å². The van der Waals surface area contributed by atoms with E-state index >= 15 is 0 Å². The summed E-state index contributed by atoms with van der Waals surface area (Å²) < 4.78 is 0. The number of aromatic nitrogens is 1. The van der Waals surface area contributed by atoms with Crippen LogP contribution < -0.4 is 5.48 Å². The van der Waals surface area contributed by atoms with Gasteiger partial charge < -0.3 is 0 Å². The molecule has 1 amide bonds. The summed E-state index contributed by atoms with van der Waals surface area (Å²) in [6, 6.07) is 10.0. The number of nitrogens with zero attached hydrogens (tertiary/aromatic N) is 1. The molecular weight excluding hydrogens is 248 g/mol.